The molecule has 0 radical (unpaired) electrons. The molecule has 2 heterocycles. The Balaban J connectivity index is 1.58. The molecule has 26 heavy (non-hydrogen) atoms. The van der Waals surface area contributed by atoms with Crippen LogP contribution in [0.1, 0.15) is 31.4 Å². The summed E-state index contributed by atoms with van der Waals surface area (Å²) in [6.07, 6.45) is 5.36. The van der Waals surface area contributed by atoms with E-state index in [1.807, 2.05) is 6.92 Å². The molecule has 2 amide bonds. The summed E-state index contributed by atoms with van der Waals surface area (Å²) < 4.78 is 20.7. The third-order valence-corrected chi connectivity index (χ3v) is 4.76. The van der Waals surface area contributed by atoms with Crippen LogP contribution in [-0.4, -0.2) is 47.5 Å². The van der Waals surface area contributed by atoms with Gasteiger partial charge in [-0.05, 0) is 37.8 Å². The SMILES string of the molecule is CC(NC(=O)N(C)CC1CCOCC1)c1cnn(-c2ccccc2F)c1. The van der Waals surface area contributed by atoms with Crippen molar-refractivity contribution in [1.82, 2.24) is 20.0 Å². The molecule has 1 aromatic carbocycles. The van der Waals surface area contributed by atoms with Gasteiger partial charge in [0.2, 0.25) is 0 Å². The van der Waals surface area contributed by atoms with Crippen LogP contribution in [-0.2, 0) is 4.74 Å². The molecule has 140 valence electrons. The minimum absolute atomic E-state index is 0.123. The van der Waals surface area contributed by atoms with Crippen molar-refractivity contribution < 1.29 is 13.9 Å². The number of hydrogen-bond donors (Lipinski definition) is 1. The van der Waals surface area contributed by atoms with E-state index in [2.05, 4.69) is 10.4 Å². The Morgan fingerprint density at radius 1 is 1.42 bits per heavy atom. The number of nitrogens with one attached hydrogen (secondary N) is 1. The average Bonchev–Trinajstić information content (AvgIpc) is 3.13. The molecule has 0 bridgehead atoms. The van der Waals surface area contributed by atoms with Gasteiger partial charge >= 0.3 is 6.03 Å². The average molecular weight is 360 g/mol. The van der Waals surface area contributed by atoms with Crippen LogP contribution in [0.2, 0.25) is 0 Å². The Labute approximate surface area is 152 Å². The van der Waals surface area contributed by atoms with Crippen molar-refractivity contribution in [2.45, 2.75) is 25.8 Å². The van der Waals surface area contributed by atoms with Gasteiger partial charge in [0, 0.05) is 38.6 Å². The van der Waals surface area contributed by atoms with Crippen LogP contribution < -0.4 is 5.32 Å². The molecule has 1 aliphatic heterocycles. The van der Waals surface area contributed by atoms with Crippen molar-refractivity contribution in [2.24, 2.45) is 5.92 Å². The molecular formula is C19H25FN4O2. The highest BCUT2D eigenvalue weighted by atomic mass is 19.1. The minimum Gasteiger partial charge on any atom is -0.381 e. The molecule has 0 saturated carbocycles. The van der Waals surface area contributed by atoms with E-state index in [1.165, 1.54) is 10.7 Å². The number of para-hydroxylation sites is 1. The van der Waals surface area contributed by atoms with Crippen molar-refractivity contribution in [3.05, 3.63) is 48.0 Å². The standard InChI is InChI=1S/C19H25FN4O2/c1-14(22-19(25)23(2)12-15-7-9-26-10-8-15)16-11-21-24(13-16)18-6-4-3-5-17(18)20/h3-6,11,13-15H,7-10,12H2,1-2H3,(H,22,25). The van der Waals surface area contributed by atoms with Crippen molar-refractivity contribution >= 4 is 6.03 Å². The van der Waals surface area contributed by atoms with Crippen LogP contribution in [0, 0.1) is 11.7 Å². The number of carbonyl (C=O) groups excluding carboxylic acids is 1. The van der Waals surface area contributed by atoms with Crippen LogP contribution in [0.4, 0.5) is 9.18 Å². The zero-order valence-corrected chi connectivity index (χ0v) is 15.2. The van der Waals surface area contributed by atoms with Gasteiger partial charge in [0.25, 0.3) is 0 Å². The molecule has 7 heteroatoms. The number of aromatic nitrogens is 2. The topological polar surface area (TPSA) is 59.4 Å². The molecule has 0 spiro atoms. The Bertz CT molecular complexity index is 743. The van der Waals surface area contributed by atoms with E-state index in [9.17, 15) is 9.18 Å². The summed E-state index contributed by atoms with van der Waals surface area (Å²) in [6.45, 7) is 4.15. The molecule has 1 N–H and O–H groups in total. The number of ether oxygens (including phenoxy) is 1. The predicted molar refractivity (Wildman–Crippen MR) is 96.6 cm³/mol. The fourth-order valence-corrected chi connectivity index (χ4v) is 3.11. The van der Waals surface area contributed by atoms with E-state index < -0.39 is 0 Å². The number of amides is 2. The van der Waals surface area contributed by atoms with Gasteiger partial charge in [0.1, 0.15) is 11.5 Å². The number of benzene rings is 1. The van der Waals surface area contributed by atoms with Gasteiger partial charge in [0.15, 0.2) is 0 Å². The first-order valence-electron chi connectivity index (χ1n) is 8.93. The molecule has 2 aromatic rings. The van der Waals surface area contributed by atoms with Crippen LogP contribution >= 0.6 is 0 Å². The maximum Gasteiger partial charge on any atom is 0.317 e. The van der Waals surface area contributed by atoms with Crippen LogP contribution in [0.15, 0.2) is 36.7 Å². The van der Waals surface area contributed by atoms with Gasteiger partial charge < -0.3 is 15.0 Å². The largest absolute Gasteiger partial charge is 0.381 e. The van der Waals surface area contributed by atoms with Gasteiger partial charge in [-0.25, -0.2) is 13.9 Å². The van der Waals surface area contributed by atoms with E-state index in [4.69, 9.17) is 4.74 Å². The quantitative estimate of drug-likeness (QED) is 0.891. The van der Waals surface area contributed by atoms with Crippen molar-refractivity contribution in [3.8, 4) is 5.69 Å². The molecule has 6 nitrogen and oxygen atoms in total. The Morgan fingerprint density at radius 2 is 2.15 bits per heavy atom. The highest BCUT2D eigenvalue weighted by Gasteiger charge is 2.20. The second kappa shape index (κ2) is 8.31. The zero-order valence-electron chi connectivity index (χ0n) is 15.2. The number of nitrogens with zero attached hydrogens (tertiary/aromatic N) is 3. The first-order valence-corrected chi connectivity index (χ1v) is 8.93. The predicted octanol–water partition coefficient (Wildman–Crippen LogP) is 3.14. The fourth-order valence-electron chi connectivity index (χ4n) is 3.11. The minimum atomic E-state index is -0.338. The van der Waals surface area contributed by atoms with E-state index in [1.54, 1.807) is 42.5 Å². The number of rotatable bonds is 5. The van der Waals surface area contributed by atoms with Crippen molar-refractivity contribution in [3.63, 3.8) is 0 Å². The third-order valence-electron chi connectivity index (χ3n) is 4.76. The lowest BCUT2D eigenvalue weighted by Gasteiger charge is -2.28. The van der Waals surface area contributed by atoms with Crippen LogP contribution in [0.5, 0.6) is 0 Å². The summed E-state index contributed by atoms with van der Waals surface area (Å²) >= 11 is 0. The normalized spacial score (nSPS) is 16.3. The monoisotopic (exact) mass is 360 g/mol. The molecule has 1 unspecified atom stereocenters. The summed E-state index contributed by atoms with van der Waals surface area (Å²) in [7, 11) is 1.81. The van der Waals surface area contributed by atoms with Crippen LogP contribution in [0.3, 0.4) is 0 Å². The van der Waals surface area contributed by atoms with E-state index in [-0.39, 0.29) is 17.9 Å². The highest BCUT2D eigenvalue weighted by molar-refractivity contribution is 5.74. The number of urea groups is 1. The van der Waals surface area contributed by atoms with Gasteiger partial charge in [-0.3, -0.25) is 0 Å². The van der Waals surface area contributed by atoms with Gasteiger partial charge in [-0.1, -0.05) is 12.1 Å². The van der Waals surface area contributed by atoms with Crippen LogP contribution in [0.25, 0.3) is 5.69 Å². The highest BCUT2D eigenvalue weighted by Crippen LogP contribution is 2.18. The first kappa shape index (κ1) is 18.4. The second-order valence-electron chi connectivity index (χ2n) is 6.78. The lowest BCUT2D eigenvalue weighted by molar-refractivity contribution is 0.0585. The molecule has 1 saturated heterocycles. The molecule has 1 fully saturated rings. The molecule has 1 atom stereocenters. The van der Waals surface area contributed by atoms with Crippen molar-refractivity contribution in [1.29, 1.82) is 0 Å². The maximum atomic E-state index is 13.9. The zero-order chi connectivity index (χ0) is 18.5. The first-order chi connectivity index (χ1) is 12.5. The fraction of sp³-hybridized carbons (Fsp3) is 0.474. The van der Waals surface area contributed by atoms with E-state index in [0.29, 0.717) is 11.6 Å². The van der Waals surface area contributed by atoms with Crippen molar-refractivity contribution in [2.75, 3.05) is 26.8 Å². The lowest BCUT2D eigenvalue weighted by atomic mass is 10.00. The number of halogens is 1. The summed E-state index contributed by atoms with van der Waals surface area (Å²) in [6, 6.07) is 6.11. The molecule has 1 aromatic heterocycles. The van der Waals surface area contributed by atoms with Gasteiger partial charge in [-0.2, -0.15) is 5.10 Å². The summed E-state index contributed by atoms with van der Waals surface area (Å²) in [4.78, 5) is 14.1. The van der Waals surface area contributed by atoms with Gasteiger partial charge in [-0.15, -0.1) is 0 Å². The van der Waals surface area contributed by atoms with E-state index >= 15 is 0 Å². The molecule has 1 aliphatic rings. The maximum absolute atomic E-state index is 13.9. The summed E-state index contributed by atoms with van der Waals surface area (Å²) in [5, 5.41) is 7.19. The molecular weight excluding hydrogens is 335 g/mol. The van der Waals surface area contributed by atoms with Gasteiger partial charge in [0.05, 0.1) is 12.2 Å². The smallest absolute Gasteiger partial charge is 0.317 e. The Morgan fingerprint density at radius 3 is 2.88 bits per heavy atom. The lowest BCUT2D eigenvalue weighted by Crippen LogP contribution is -2.41. The van der Waals surface area contributed by atoms with E-state index in [0.717, 1.165) is 38.2 Å². The second-order valence-corrected chi connectivity index (χ2v) is 6.78. The summed E-state index contributed by atoms with van der Waals surface area (Å²) in [5.74, 6) is 0.147. The Kier molecular flexibility index (Phi) is 5.88. The molecule has 0 aliphatic carbocycles. The molecule has 3 rings (SSSR count). The summed E-state index contributed by atoms with van der Waals surface area (Å²) in [5.41, 5.74) is 1.20. The Hall–Kier alpha value is -2.41. The number of hydrogen-bond acceptors (Lipinski definition) is 3. The number of carbonyl (C=O) groups is 1. The third kappa shape index (κ3) is 4.40.